The van der Waals surface area contributed by atoms with Gasteiger partial charge in [0.15, 0.2) is 0 Å². The molecule has 8 unspecified atom stereocenters. The molecule has 4 nitrogen and oxygen atoms in total. The van der Waals surface area contributed by atoms with Crippen molar-refractivity contribution in [3.05, 3.63) is 12.2 Å². The van der Waals surface area contributed by atoms with E-state index in [1.807, 2.05) is 0 Å². The summed E-state index contributed by atoms with van der Waals surface area (Å²) in [5, 5.41) is 30.3. The molecule has 4 heteroatoms. The van der Waals surface area contributed by atoms with Crippen molar-refractivity contribution in [3.8, 4) is 0 Å². The van der Waals surface area contributed by atoms with Crippen molar-refractivity contribution < 1.29 is 15.3 Å². The van der Waals surface area contributed by atoms with Crippen LogP contribution in [0, 0.1) is 34.5 Å². The number of hydrogen-bond donors (Lipinski definition) is 4. The molecule has 138 valence electrons. The van der Waals surface area contributed by atoms with Crippen molar-refractivity contribution in [1.82, 2.24) is 0 Å². The van der Waals surface area contributed by atoms with Crippen molar-refractivity contribution in [2.24, 2.45) is 40.2 Å². The molecule has 3 aliphatic rings. The minimum Gasteiger partial charge on any atom is -0.396 e. The van der Waals surface area contributed by atoms with E-state index in [0.29, 0.717) is 37.1 Å². The molecule has 24 heavy (non-hydrogen) atoms. The van der Waals surface area contributed by atoms with Gasteiger partial charge >= 0.3 is 0 Å². The Bertz CT molecular complexity index is 495. The van der Waals surface area contributed by atoms with Crippen LogP contribution in [-0.2, 0) is 0 Å². The van der Waals surface area contributed by atoms with Crippen molar-refractivity contribution in [2.45, 2.75) is 64.6 Å². The molecule has 5 N–H and O–H groups in total. The lowest BCUT2D eigenvalue weighted by Gasteiger charge is -2.57. The highest BCUT2D eigenvalue weighted by Gasteiger charge is 2.57. The fourth-order valence-corrected chi connectivity index (χ4v) is 6.55. The molecule has 0 aromatic carbocycles. The van der Waals surface area contributed by atoms with E-state index in [4.69, 9.17) is 5.73 Å². The molecule has 0 amide bonds. The number of nitrogens with two attached hydrogens (primary N) is 1. The van der Waals surface area contributed by atoms with Gasteiger partial charge in [-0.15, -0.1) is 0 Å². The predicted octanol–water partition coefficient (Wildman–Crippen LogP) is 2.07. The van der Waals surface area contributed by atoms with Crippen molar-refractivity contribution in [1.29, 1.82) is 0 Å². The van der Waals surface area contributed by atoms with Gasteiger partial charge in [0.25, 0.3) is 0 Å². The zero-order valence-corrected chi connectivity index (χ0v) is 15.2. The minimum absolute atomic E-state index is 0.0314. The van der Waals surface area contributed by atoms with Gasteiger partial charge in [-0.05, 0) is 79.6 Å². The molecular formula is C20H35NO3. The van der Waals surface area contributed by atoms with Gasteiger partial charge in [0.1, 0.15) is 0 Å². The maximum absolute atomic E-state index is 10.3. The van der Waals surface area contributed by atoms with Crippen LogP contribution in [-0.4, -0.2) is 40.7 Å². The van der Waals surface area contributed by atoms with Crippen LogP contribution >= 0.6 is 0 Å². The second-order valence-corrected chi connectivity index (χ2v) is 9.17. The van der Waals surface area contributed by atoms with E-state index >= 15 is 0 Å². The Morgan fingerprint density at radius 3 is 2.50 bits per heavy atom. The van der Waals surface area contributed by atoms with Gasteiger partial charge in [-0.1, -0.05) is 26.0 Å². The van der Waals surface area contributed by atoms with Gasteiger partial charge in [-0.25, -0.2) is 0 Å². The maximum Gasteiger partial charge on any atom is 0.0804 e. The van der Waals surface area contributed by atoms with Crippen LogP contribution in [0.25, 0.3) is 0 Å². The molecular weight excluding hydrogens is 302 g/mol. The highest BCUT2D eigenvalue weighted by Crippen LogP contribution is 2.63. The van der Waals surface area contributed by atoms with E-state index in [0.717, 1.165) is 19.3 Å². The third-order valence-corrected chi connectivity index (χ3v) is 8.28. The van der Waals surface area contributed by atoms with E-state index in [1.165, 1.54) is 12.0 Å². The normalized spacial score (nSPS) is 52.3. The summed E-state index contributed by atoms with van der Waals surface area (Å²) < 4.78 is 0. The molecule has 0 radical (unpaired) electrons. The maximum atomic E-state index is 10.3. The van der Waals surface area contributed by atoms with Gasteiger partial charge in [-0.3, -0.25) is 0 Å². The van der Waals surface area contributed by atoms with Crippen LogP contribution in [0.4, 0.5) is 0 Å². The minimum atomic E-state index is -0.716. The number of aliphatic hydroxyl groups excluding tert-OH is 3. The molecule has 0 heterocycles. The summed E-state index contributed by atoms with van der Waals surface area (Å²) in [6, 6.07) is 0. The molecule has 0 spiro atoms. The van der Waals surface area contributed by atoms with Crippen LogP contribution in [0.3, 0.4) is 0 Å². The van der Waals surface area contributed by atoms with Crippen LogP contribution in [0.2, 0.25) is 0 Å². The molecule has 0 aliphatic heterocycles. The molecule has 0 aromatic rings. The smallest absolute Gasteiger partial charge is 0.0804 e. The first-order valence-corrected chi connectivity index (χ1v) is 9.63. The Labute approximate surface area is 146 Å². The van der Waals surface area contributed by atoms with E-state index in [2.05, 4.69) is 20.4 Å². The van der Waals surface area contributed by atoms with Crippen molar-refractivity contribution in [3.63, 3.8) is 0 Å². The first kappa shape index (κ1) is 18.4. The Hall–Kier alpha value is -0.420. The summed E-state index contributed by atoms with van der Waals surface area (Å²) in [7, 11) is 0. The van der Waals surface area contributed by atoms with Crippen LogP contribution < -0.4 is 5.73 Å². The fraction of sp³-hybridized carbons (Fsp3) is 0.900. The largest absolute Gasteiger partial charge is 0.396 e. The summed E-state index contributed by atoms with van der Waals surface area (Å²) in [6.45, 7) is 9.63. The SMILES string of the molecule is C=C1CCC2C(CN)C(C3(C)CC(O)C(O)CC3CO)CCC12C. The summed E-state index contributed by atoms with van der Waals surface area (Å²) in [6.07, 6.45) is 4.11. The first-order chi connectivity index (χ1) is 11.3. The zero-order valence-electron chi connectivity index (χ0n) is 15.2. The second kappa shape index (κ2) is 6.39. The summed E-state index contributed by atoms with van der Waals surface area (Å²) >= 11 is 0. The predicted molar refractivity (Wildman–Crippen MR) is 95.2 cm³/mol. The van der Waals surface area contributed by atoms with Crippen LogP contribution in [0.1, 0.15) is 52.4 Å². The third kappa shape index (κ3) is 2.57. The number of fused-ring (bicyclic) bond motifs is 1. The lowest BCUT2D eigenvalue weighted by molar-refractivity contribution is -0.136. The van der Waals surface area contributed by atoms with E-state index in [-0.39, 0.29) is 23.4 Å². The fourth-order valence-electron chi connectivity index (χ4n) is 6.55. The summed E-state index contributed by atoms with van der Waals surface area (Å²) in [4.78, 5) is 0. The topological polar surface area (TPSA) is 86.7 Å². The first-order valence-electron chi connectivity index (χ1n) is 9.63. The molecule has 0 aromatic heterocycles. The Morgan fingerprint density at radius 2 is 1.88 bits per heavy atom. The lowest BCUT2D eigenvalue weighted by Crippen LogP contribution is -2.55. The summed E-state index contributed by atoms with van der Waals surface area (Å²) in [5.74, 6) is 1.40. The Balaban J connectivity index is 1.91. The summed E-state index contributed by atoms with van der Waals surface area (Å²) in [5.41, 5.74) is 7.69. The number of rotatable bonds is 3. The molecule has 3 aliphatic carbocycles. The van der Waals surface area contributed by atoms with Gasteiger partial charge in [-0.2, -0.15) is 0 Å². The Kier molecular flexibility index (Phi) is 4.89. The highest BCUT2D eigenvalue weighted by molar-refractivity contribution is 5.21. The Morgan fingerprint density at radius 1 is 1.17 bits per heavy atom. The standard InChI is InChI=1S/C20H35NO3/c1-12-4-5-15-14(10-21)16(6-7-19(12,15)2)20(3)9-18(24)17(23)8-13(20)11-22/h13-18,22-24H,1,4-11,21H2,2-3H3. The average Bonchev–Trinajstić information content (AvgIpc) is 2.85. The third-order valence-electron chi connectivity index (χ3n) is 8.28. The van der Waals surface area contributed by atoms with Crippen molar-refractivity contribution in [2.75, 3.05) is 13.2 Å². The average molecular weight is 338 g/mol. The molecule has 3 rings (SSSR count). The molecule has 8 atom stereocenters. The number of allylic oxidation sites excluding steroid dienone is 1. The zero-order chi connectivity index (χ0) is 17.7. The van der Waals surface area contributed by atoms with Crippen molar-refractivity contribution >= 4 is 0 Å². The molecule has 0 saturated heterocycles. The number of aliphatic hydroxyl groups is 3. The molecule has 3 fully saturated rings. The second-order valence-electron chi connectivity index (χ2n) is 9.17. The lowest BCUT2D eigenvalue weighted by atomic mass is 9.49. The molecule has 0 bridgehead atoms. The van der Waals surface area contributed by atoms with E-state index < -0.39 is 12.2 Å². The van der Waals surface area contributed by atoms with Crippen LogP contribution in [0.15, 0.2) is 12.2 Å². The van der Waals surface area contributed by atoms with E-state index in [1.54, 1.807) is 0 Å². The molecule has 3 saturated carbocycles. The quantitative estimate of drug-likeness (QED) is 0.594. The van der Waals surface area contributed by atoms with Gasteiger partial charge in [0.05, 0.1) is 12.2 Å². The monoisotopic (exact) mass is 337 g/mol. The van der Waals surface area contributed by atoms with E-state index in [9.17, 15) is 15.3 Å². The van der Waals surface area contributed by atoms with Crippen LogP contribution in [0.5, 0.6) is 0 Å². The van der Waals surface area contributed by atoms with Gasteiger partial charge < -0.3 is 21.1 Å². The van der Waals surface area contributed by atoms with Gasteiger partial charge in [0.2, 0.25) is 0 Å². The highest BCUT2D eigenvalue weighted by atomic mass is 16.3. The number of hydrogen-bond acceptors (Lipinski definition) is 4. The van der Waals surface area contributed by atoms with Gasteiger partial charge in [0, 0.05) is 6.61 Å².